The number of nitrogens with one attached hydrogen (secondary N) is 2. The maximum absolute atomic E-state index is 12.9. The van der Waals surface area contributed by atoms with Gasteiger partial charge in [0.2, 0.25) is 5.91 Å². The number of aromatic nitrogens is 2. The summed E-state index contributed by atoms with van der Waals surface area (Å²) in [5.74, 6) is 0.974. The van der Waals surface area contributed by atoms with E-state index in [-0.39, 0.29) is 11.8 Å². The minimum absolute atomic E-state index is 0.137. The van der Waals surface area contributed by atoms with Gasteiger partial charge in [0.25, 0.3) is 5.91 Å². The lowest BCUT2D eigenvalue weighted by Crippen LogP contribution is -2.12. The highest BCUT2D eigenvalue weighted by Gasteiger charge is 2.15. The molecule has 0 spiro atoms. The number of benzene rings is 2. The third kappa shape index (κ3) is 4.69. The topological polar surface area (TPSA) is 97.1 Å². The van der Waals surface area contributed by atoms with Crippen molar-refractivity contribution in [3.05, 3.63) is 65.5 Å². The van der Waals surface area contributed by atoms with Gasteiger partial charge in [-0.3, -0.25) is 14.9 Å². The quantitative estimate of drug-likeness (QED) is 0.407. The Labute approximate surface area is 180 Å². The Hall–Kier alpha value is -3.17. The van der Waals surface area contributed by atoms with Crippen molar-refractivity contribution in [1.29, 1.82) is 0 Å². The van der Waals surface area contributed by atoms with Gasteiger partial charge in [-0.2, -0.15) is 0 Å². The van der Waals surface area contributed by atoms with Gasteiger partial charge in [0.1, 0.15) is 5.76 Å². The predicted octanol–water partition coefficient (Wildman–Crippen LogP) is 5.10. The number of carbonyl (C=O) groups is 2. The van der Waals surface area contributed by atoms with Crippen LogP contribution in [0.2, 0.25) is 0 Å². The Kier molecular flexibility index (Phi) is 5.82. The average Bonchev–Trinajstić information content (AvgIpc) is 3.31. The monoisotopic (exact) mass is 438 g/mol. The van der Waals surface area contributed by atoms with E-state index in [0.717, 1.165) is 26.6 Å². The van der Waals surface area contributed by atoms with Gasteiger partial charge < -0.3 is 9.84 Å². The van der Waals surface area contributed by atoms with E-state index in [4.69, 9.17) is 4.52 Å². The molecule has 152 valence electrons. The fourth-order valence-corrected chi connectivity index (χ4v) is 4.66. The van der Waals surface area contributed by atoms with Crippen molar-refractivity contribution in [2.75, 3.05) is 10.6 Å². The zero-order chi connectivity index (χ0) is 21.1. The average molecular weight is 439 g/mol. The van der Waals surface area contributed by atoms with Crippen molar-refractivity contribution in [3.8, 4) is 0 Å². The van der Waals surface area contributed by atoms with Gasteiger partial charge in [0.15, 0.2) is 5.13 Å². The van der Waals surface area contributed by atoms with Gasteiger partial charge in [-0.1, -0.05) is 28.6 Å². The summed E-state index contributed by atoms with van der Waals surface area (Å²) in [4.78, 5) is 29.4. The second kappa shape index (κ2) is 8.68. The molecular formula is C21H18N4O3S2. The second-order valence-corrected chi connectivity index (χ2v) is 8.60. The Balaban J connectivity index is 1.50. The van der Waals surface area contributed by atoms with Gasteiger partial charge >= 0.3 is 0 Å². The van der Waals surface area contributed by atoms with Gasteiger partial charge in [0.05, 0.1) is 27.2 Å². The molecule has 4 aromatic rings. The van der Waals surface area contributed by atoms with E-state index >= 15 is 0 Å². The summed E-state index contributed by atoms with van der Waals surface area (Å²) in [5, 5.41) is 10.0. The number of carbonyl (C=O) groups excluding carboxylic acids is 2. The number of amides is 2. The molecule has 30 heavy (non-hydrogen) atoms. The normalized spacial score (nSPS) is 10.9. The number of hydrogen-bond donors (Lipinski definition) is 2. The summed E-state index contributed by atoms with van der Waals surface area (Å²) in [6, 6.07) is 14.7. The lowest BCUT2D eigenvalue weighted by molar-refractivity contribution is -0.114. The van der Waals surface area contributed by atoms with Crippen LogP contribution >= 0.6 is 23.1 Å². The van der Waals surface area contributed by atoms with Crippen molar-refractivity contribution in [2.45, 2.75) is 24.5 Å². The number of fused-ring (bicyclic) bond motifs is 1. The number of hydrogen-bond acceptors (Lipinski definition) is 7. The molecule has 0 saturated heterocycles. The Morgan fingerprint density at radius 2 is 1.97 bits per heavy atom. The molecule has 0 unspecified atom stereocenters. The first-order valence-electron chi connectivity index (χ1n) is 9.11. The highest BCUT2D eigenvalue weighted by atomic mass is 32.2. The molecule has 2 heterocycles. The van der Waals surface area contributed by atoms with Gasteiger partial charge in [-0.05, 0) is 37.3 Å². The second-order valence-electron chi connectivity index (χ2n) is 6.56. The van der Waals surface area contributed by atoms with Crippen molar-refractivity contribution in [2.24, 2.45) is 0 Å². The number of anilines is 2. The highest BCUT2D eigenvalue weighted by molar-refractivity contribution is 7.98. The van der Waals surface area contributed by atoms with Crippen LogP contribution in [0.5, 0.6) is 0 Å². The third-order valence-electron chi connectivity index (χ3n) is 4.11. The van der Waals surface area contributed by atoms with Crippen LogP contribution in [0.3, 0.4) is 0 Å². The molecule has 0 saturated carbocycles. The molecule has 4 rings (SSSR count). The summed E-state index contributed by atoms with van der Waals surface area (Å²) < 4.78 is 6.12. The molecule has 0 aliphatic rings. The van der Waals surface area contributed by atoms with Crippen LogP contribution in [-0.2, 0) is 10.5 Å². The maximum atomic E-state index is 12.9. The van der Waals surface area contributed by atoms with Gasteiger partial charge in [0, 0.05) is 23.6 Å². The highest BCUT2D eigenvalue weighted by Crippen LogP contribution is 2.30. The first-order chi connectivity index (χ1) is 14.5. The molecule has 0 bridgehead atoms. The Morgan fingerprint density at radius 1 is 1.13 bits per heavy atom. The molecule has 0 aliphatic heterocycles. The molecule has 2 aromatic carbocycles. The van der Waals surface area contributed by atoms with E-state index in [9.17, 15) is 9.59 Å². The molecule has 0 fully saturated rings. The largest absolute Gasteiger partial charge is 0.360 e. The Bertz CT molecular complexity index is 1230. The van der Waals surface area contributed by atoms with Gasteiger partial charge in [-0.15, -0.1) is 11.8 Å². The van der Waals surface area contributed by atoms with Crippen LogP contribution in [0.15, 0.2) is 57.9 Å². The molecular weight excluding hydrogens is 420 g/mol. The molecule has 0 atom stereocenters. The van der Waals surface area contributed by atoms with E-state index < -0.39 is 0 Å². The summed E-state index contributed by atoms with van der Waals surface area (Å²) in [6.45, 7) is 3.33. The molecule has 9 heteroatoms. The minimum atomic E-state index is -0.229. The fourth-order valence-electron chi connectivity index (χ4n) is 2.84. The first-order valence-corrected chi connectivity index (χ1v) is 10.9. The molecule has 2 aromatic heterocycles. The lowest BCUT2D eigenvalue weighted by Gasteiger charge is -2.07. The molecule has 2 amide bonds. The van der Waals surface area contributed by atoms with Gasteiger partial charge in [-0.25, -0.2) is 4.98 Å². The molecule has 7 nitrogen and oxygen atoms in total. The molecule has 0 radical (unpaired) electrons. The molecule has 0 aliphatic carbocycles. The SMILES string of the molecule is CC(=O)Nc1ccc2nc(NC(=O)c3ccccc3SCc3cc(C)no3)sc2c1. The maximum Gasteiger partial charge on any atom is 0.258 e. The summed E-state index contributed by atoms with van der Waals surface area (Å²) in [5.41, 5.74) is 2.85. The van der Waals surface area contributed by atoms with E-state index in [1.807, 2.05) is 43.3 Å². The number of thioether (sulfide) groups is 1. The van der Waals surface area contributed by atoms with Crippen molar-refractivity contribution >= 4 is 55.9 Å². The van der Waals surface area contributed by atoms with Crippen LogP contribution in [0.4, 0.5) is 10.8 Å². The van der Waals surface area contributed by atoms with Crippen molar-refractivity contribution in [3.63, 3.8) is 0 Å². The number of nitrogens with zero attached hydrogens (tertiary/aromatic N) is 2. The van der Waals surface area contributed by atoms with E-state index in [0.29, 0.717) is 22.1 Å². The van der Waals surface area contributed by atoms with Crippen LogP contribution in [0, 0.1) is 6.92 Å². The number of rotatable bonds is 6. The predicted molar refractivity (Wildman–Crippen MR) is 119 cm³/mol. The van der Waals surface area contributed by atoms with Crippen LogP contribution in [0.25, 0.3) is 10.2 Å². The number of thiazole rings is 1. The smallest absolute Gasteiger partial charge is 0.258 e. The lowest BCUT2D eigenvalue weighted by atomic mass is 10.2. The fraction of sp³-hybridized carbons (Fsp3) is 0.143. The zero-order valence-electron chi connectivity index (χ0n) is 16.3. The van der Waals surface area contributed by atoms with E-state index in [2.05, 4.69) is 20.8 Å². The van der Waals surface area contributed by atoms with Crippen LogP contribution < -0.4 is 10.6 Å². The van der Waals surface area contributed by atoms with Crippen molar-refractivity contribution < 1.29 is 14.1 Å². The zero-order valence-corrected chi connectivity index (χ0v) is 17.9. The summed E-state index contributed by atoms with van der Waals surface area (Å²) >= 11 is 2.87. The van der Waals surface area contributed by atoms with E-state index in [1.54, 1.807) is 12.1 Å². The first kappa shape index (κ1) is 20.1. The van der Waals surface area contributed by atoms with Crippen LogP contribution in [-0.4, -0.2) is 22.0 Å². The molecule has 2 N–H and O–H groups in total. The van der Waals surface area contributed by atoms with Crippen LogP contribution in [0.1, 0.15) is 28.7 Å². The van der Waals surface area contributed by atoms with Crippen molar-refractivity contribution in [1.82, 2.24) is 10.1 Å². The summed E-state index contributed by atoms with van der Waals surface area (Å²) in [6.07, 6.45) is 0. The van der Waals surface area contributed by atoms with E-state index in [1.165, 1.54) is 30.0 Å². The summed E-state index contributed by atoms with van der Waals surface area (Å²) in [7, 11) is 0. The number of aryl methyl sites for hydroxylation is 1. The third-order valence-corrected chi connectivity index (χ3v) is 6.14. The standard InChI is InChI=1S/C21H18N4O3S2/c1-12-9-15(28-25-12)11-29-18-6-4-3-5-16(18)20(27)24-21-23-17-8-7-14(22-13(2)26)10-19(17)30-21/h3-10H,11H2,1-2H3,(H,22,26)(H,23,24,27). The minimum Gasteiger partial charge on any atom is -0.360 e. The Morgan fingerprint density at radius 3 is 2.73 bits per heavy atom.